The van der Waals surface area contributed by atoms with Crippen molar-refractivity contribution < 1.29 is 28.9 Å². The van der Waals surface area contributed by atoms with Crippen LogP contribution >= 0.6 is 0 Å². The van der Waals surface area contributed by atoms with Crippen molar-refractivity contribution in [3.63, 3.8) is 0 Å². The van der Waals surface area contributed by atoms with Gasteiger partial charge in [0.15, 0.2) is 11.5 Å². The lowest BCUT2D eigenvalue weighted by Gasteiger charge is -2.38. The molecule has 2 aliphatic rings. The van der Waals surface area contributed by atoms with Gasteiger partial charge in [0.05, 0.1) is 0 Å². The van der Waals surface area contributed by atoms with Crippen LogP contribution in [0.15, 0.2) is 36.4 Å². The second kappa shape index (κ2) is 7.47. The van der Waals surface area contributed by atoms with E-state index in [1.807, 2.05) is 18.2 Å². The largest absolute Gasteiger partial charge is 0.477 e. The lowest BCUT2D eigenvalue weighted by molar-refractivity contribution is 0.0486. The number of benzene rings is 1. The molecule has 1 aromatic carbocycles. The van der Waals surface area contributed by atoms with E-state index in [4.69, 9.17) is 19.3 Å². The number of hydrogen-bond acceptors (Lipinski definition) is 6. The SMILES string of the molecule is O=C(O)c1cccc(C(=O)NCC2(c3ccc4c(c3)OCO4)CCOCC2)n1. The Hall–Kier alpha value is -3.13. The van der Waals surface area contributed by atoms with E-state index in [9.17, 15) is 9.59 Å². The van der Waals surface area contributed by atoms with Crippen molar-refractivity contribution in [2.45, 2.75) is 18.3 Å². The molecule has 0 radical (unpaired) electrons. The zero-order valence-corrected chi connectivity index (χ0v) is 15.1. The van der Waals surface area contributed by atoms with Crippen LogP contribution < -0.4 is 14.8 Å². The second-order valence-electron chi connectivity index (χ2n) is 6.86. The number of aromatic carboxylic acids is 1. The highest BCUT2D eigenvalue weighted by Gasteiger charge is 2.36. The van der Waals surface area contributed by atoms with Crippen molar-refractivity contribution in [2.24, 2.45) is 0 Å². The van der Waals surface area contributed by atoms with Crippen molar-refractivity contribution in [1.82, 2.24) is 10.3 Å². The number of rotatable bonds is 5. The van der Waals surface area contributed by atoms with Gasteiger partial charge < -0.3 is 24.6 Å². The summed E-state index contributed by atoms with van der Waals surface area (Å²) in [7, 11) is 0. The summed E-state index contributed by atoms with van der Waals surface area (Å²) in [6.45, 7) is 1.78. The van der Waals surface area contributed by atoms with Gasteiger partial charge in [0.2, 0.25) is 6.79 Å². The molecule has 1 saturated heterocycles. The Kier molecular flexibility index (Phi) is 4.87. The van der Waals surface area contributed by atoms with E-state index in [-0.39, 0.29) is 23.6 Å². The van der Waals surface area contributed by atoms with Crippen LogP contribution in [0, 0.1) is 0 Å². The highest BCUT2D eigenvalue weighted by molar-refractivity contribution is 5.94. The number of ether oxygens (including phenoxy) is 3. The van der Waals surface area contributed by atoms with E-state index in [0.29, 0.717) is 31.3 Å². The topological polar surface area (TPSA) is 107 Å². The molecule has 0 atom stereocenters. The smallest absolute Gasteiger partial charge is 0.354 e. The molecule has 146 valence electrons. The first-order valence-electron chi connectivity index (χ1n) is 9.04. The molecule has 1 fully saturated rings. The third-order valence-corrected chi connectivity index (χ3v) is 5.22. The third-order valence-electron chi connectivity index (χ3n) is 5.22. The van der Waals surface area contributed by atoms with Crippen molar-refractivity contribution in [1.29, 1.82) is 0 Å². The summed E-state index contributed by atoms with van der Waals surface area (Å²) >= 11 is 0. The summed E-state index contributed by atoms with van der Waals surface area (Å²) in [6.07, 6.45) is 1.49. The van der Waals surface area contributed by atoms with Crippen LogP contribution in [0.25, 0.3) is 0 Å². The first-order valence-corrected chi connectivity index (χ1v) is 9.04. The van der Waals surface area contributed by atoms with Gasteiger partial charge in [-0.05, 0) is 42.7 Å². The maximum atomic E-state index is 12.6. The predicted molar refractivity (Wildman–Crippen MR) is 97.8 cm³/mol. The van der Waals surface area contributed by atoms with Gasteiger partial charge in [-0.1, -0.05) is 12.1 Å². The number of hydrogen-bond donors (Lipinski definition) is 2. The van der Waals surface area contributed by atoms with Crippen LogP contribution in [0.3, 0.4) is 0 Å². The van der Waals surface area contributed by atoms with Gasteiger partial charge in [0, 0.05) is 25.2 Å². The lowest BCUT2D eigenvalue weighted by Crippen LogP contribution is -2.44. The number of carboxylic acid groups (broad SMARTS) is 1. The van der Waals surface area contributed by atoms with Crippen molar-refractivity contribution >= 4 is 11.9 Å². The number of fused-ring (bicyclic) bond motifs is 1. The van der Waals surface area contributed by atoms with Crippen LogP contribution in [0.1, 0.15) is 39.4 Å². The number of pyridine rings is 1. The van der Waals surface area contributed by atoms with Gasteiger partial charge in [-0.25, -0.2) is 9.78 Å². The summed E-state index contributed by atoms with van der Waals surface area (Å²) in [5, 5.41) is 12.0. The number of nitrogens with one attached hydrogen (secondary N) is 1. The fourth-order valence-corrected chi connectivity index (χ4v) is 3.58. The molecular formula is C20H20N2O6. The summed E-state index contributed by atoms with van der Waals surface area (Å²) in [5.74, 6) is -0.166. The number of amides is 1. The van der Waals surface area contributed by atoms with Crippen molar-refractivity contribution in [2.75, 3.05) is 26.6 Å². The van der Waals surface area contributed by atoms with Crippen molar-refractivity contribution in [3.8, 4) is 11.5 Å². The van der Waals surface area contributed by atoms with E-state index >= 15 is 0 Å². The molecule has 2 N–H and O–H groups in total. The highest BCUT2D eigenvalue weighted by atomic mass is 16.7. The molecule has 2 aliphatic heterocycles. The Morgan fingerprint density at radius 2 is 1.82 bits per heavy atom. The minimum Gasteiger partial charge on any atom is -0.477 e. The molecule has 0 unspecified atom stereocenters. The van der Waals surface area contributed by atoms with Crippen LogP contribution in [-0.4, -0.2) is 48.5 Å². The molecule has 1 amide bonds. The summed E-state index contributed by atoms with van der Waals surface area (Å²) in [4.78, 5) is 27.6. The minimum atomic E-state index is -1.17. The molecule has 4 rings (SSSR count). The van der Waals surface area contributed by atoms with Gasteiger partial charge in [0.1, 0.15) is 11.4 Å². The molecule has 0 bridgehead atoms. The third kappa shape index (κ3) is 3.50. The molecule has 8 heteroatoms. The first-order chi connectivity index (χ1) is 13.6. The number of carboxylic acids is 1. The average Bonchev–Trinajstić information content (AvgIpc) is 3.20. The summed E-state index contributed by atoms with van der Waals surface area (Å²) < 4.78 is 16.4. The second-order valence-corrected chi connectivity index (χ2v) is 6.86. The van der Waals surface area contributed by atoms with Crippen LogP contribution in [0.2, 0.25) is 0 Å². The standard InChI is InChI=1S/C20H20N2O6/c23-18(14-2-1-3-15(22-14)19(24)25)21-11-20(6-8-26-9-7-20)13-4-5-16-17(10-13)28-12-27-16/h1-5,10H,6-9,11-12H2,(H,21,23)(H,24,25). The molecule has 1 aromatic heterocycles. The molecular weight excluding hydrogens is 364 g/mol. The van der Waals surface area contributed by atoms with E-state index in [1.54, 1.807) is 0 Å². The van der Waals surface area contributed by atoms with Gasteiger partial charge in [0.25, 0.3) is 5.91 Å². The van der Waals surface area contributed by atoms with Crippen molar-refractivity contribution in [3.05, 3.63) is 53.3 Å². The van der Waals surface area contributed by atoms with E-state index < -0.39 is 11.9 Å². The number of carbonyl (C=O) groups is 2. The van der Waals surface area contributed by atoms with E-state index in [0.717, 1.165) is 18.4 Å². The fourth-order valence-electron chi connectivity index (χ4n) is 3.58. The maximum absolute atomic E-state index is 12.6. The molecule has 0 spiro atoms. The zero-order valence-electron chi connectivity index (χ0n) is 15.1. The van der Waals surface area contributed by atoms with E-state index in [2.05, 4.69) is 10.3 Å². The fraction of sp³-hybridized carbons (Fsp3) is 0.350. The number of aromatic nitrogens is 1. The van der Waals surface area contributed by atoms with E-state index in [1.165, 1.54) is 18.2 Å². The number of nitrogens with zero attached hydrogens (tertiary/aromatic N) is 1. The average molecular weight is 384 g/mol. The number of carbonyl (C=O) groups excluding carboxylic acids is 1. The Balaban J connectivity index is 1.55. The zero-order chi connectivity index (χ0) is 19.6. The highest BCUT2D eigenvalue weighted by Crippen LogP contribution is 2.40. The van der Waals surface area contributed by atoms with Crippen LogP contribution in [0.4, 0.5) is 0 Å². The van der Waals surface area contributed by atoms with Gasteiger partial charge in [-0.2, -0.15) is 0 Å². The predicted octanol–water partition coefficient (Wildman–Crippen LogP) is 1.99. The van der Waals surface area contributed by atoms with Gasteiger partial charge in [-0.3, -0.25) is 4.79 Å². The molecule has 8 nitrogen and oxygen atoms in total. The minimum absolute atomic E-state index is 0.0767. The quantitative estimate of drug-likeness (QED) is 0.812. The Bertz CT molecular complexity index is 907. The van der Waals surface area contributed by atoms with Gasteiger partial charge >= 0.3 is 5.97 Å². The maximum Gasteiger partial charge on any atom is 0.354 e. The Labute approximate surface area is 161 Å². The molecule has 28 heavy (non-hydrogen) atoms. The monoisotopic (exact) mass is 384 g/mol. The van der Waals surface area contributed by atoms with Crippen LogP contribution in [0.5, 0.6) is 11.5 Å². The normalized spacial score (nSPS) is 17.1. The van der Waals surface area contributed by atoms with Gasteiger partial charge in [-0.15, -0.1) is 0 Å². The van der Waals surface area contributed by atoms with Crippen LogP contribution in [-0.2, 0) is 10.2 Å². The molecule has 0 aliphatic carbocycles. The lowest BCUT2D eigenvalue weighted by atomic mass is 9.74. The first kappa shape index (κ1) is 18.2. The Morgan fingerprint density at radius 1 is 1.07 bits per heavy atom. The summed E-state index contributed by atoms with van der Waals surface area (Å²) in [5.41, 5.74) is 0.656. The molecule has 0 saturated carbocycles. The molecule has 3 heterocycles. The summed E-state index contributed by atoms with van der Waals surface area (Å²) in [6, 6.07) is 10.2. The molecule has 2 aromatic rings. The Morgan fingerprint density at radius 3 is 2.61 bits per heavy atom.